The maximum atomic E-state index is 14.0. The molecule has 0 amide bonds. The van der Waals surface area contributed by atoms with Crippen molar-refractivity contribution < 1.29 is 4.39 Å². The molecule has 0 radical (unpaired) electrons. The van der Waals surface area contributed by atoms with E-state index in [4.69, 9.17) is 11.6 Å². The average molecular weight is 298 g/mol. The molecule has 1 aromatic carbocycles. The first kappa shape index (κ1) is 14.5. The van der Waals surface area contributed by atoms with Crippen molar-refractivity contribution in [1.82, 2.24) is 5.32 Å². The number of rotatable bonds is 5. The molecule has 1 atom stereocenters. The summed E-state index contributed by atoms with van der Waals surface area (Å²) in [7, 11) is 0. The lowest BCUT2D eigenvalue weighted by Gasteiger charge is -2.13. The zero-order chi connectivity index (χ0) is 13.8. The SMILES string of the molecule is CCNC(CC)c1ccc(-c2cccc(Cl)c2F)s1. The first-order chi connectivity index (χ1) is 9.17. The Hall–Kier alpha value is -0.900. The summed E-state index contributed by atoms with van der Waals surface area (Å²) >= 11 is 7.45. The van der Waals surface area contributed by atoms with E-state index in [-0.39, 0.29) is 10.8 Å². The summed E-state index contributed by atoms with van der Waals surface area (Å²) in [6.45, 7) is 5.16. The summed E-state index contributed by atoms with van der Waals surface area (Å²) in [5, 5.41) is 3.60. The molecule has 0 fully saturated rings. The van der Waals surface area contributed by atoms with Gasteiger partial charge in [0.1, 0.15) is 5.82 Å². The fraction of sp³-hybridized carbons (Fsp3) is 0.333. The molecule has 2 aromatic rings. The summed E-state index contributed by atoms with van der Waals surface area (Å²) in [6, 6.07) is 9.49. The molecule has 1 nitrogen and oxygen atoms in total. The Morgan fingerprint density at radius 2 is 2.05 bits per heavy atom. The van der Waals surface area contributed by atoms with Gasteiger partial charge in [0, 0.05) is 21.4 Å². The molecule has 0 bridgehead atoms. The third-order valence-electron chi connectivity index (χ3n) is 3.05. The van der Waals surface area contributed by atoms with Gasteiger partial charge in [-0.05, 0) is 31.2 Å². The predicted molar refractivity (Wildman–Crippen MR) is 81.4 cm³/mol. The van der Waals surface area contributed by atoms with Gasteiger partial charge in [-0.25, -0.2) is 4.39 Å². The van der Waals surface area contributed by atoms with Gasteiger partial charge >= 0.3 is 0 Å². The average Bonchev–Trinajstić information content (AvgIpc) is 2.88. The van der Waals surface area contributed by atoms with E-state index in [0.29, 0.717) is 11.6 Å². The van der Waals surface area contributed by atoms with E-state index in [2.05, 4.69) is 25.2 Å². The Labute approximate surface area is 122 Å². The molecule has 19 heavy (non-hydrogen) atoms. The molecule has 1 aromatic heterocycles. The van der Waals surface area contributed by atoms with Crippen LogP contribution in [-0.4, -0.2) is 6.54 Å². The van der Waals surface area contributed by atoms with E-state index < -0.39 is 0 Å². The van der Waals surface area contributed by atoms with Crippen LogP contribution in [0.4, 0.5) is 4.39 Å². The largest absolute Gasteiger partial charge is 0.310 e. The lowest BCUT2D eigenvalue weighted by molar-refractivity contribution is 0.545. The summed E-state index contributed by atoms with van der Waals surface area (Å²) in [4.78, 5) is 2.16. The van der Waals surface area contributed by atoms with Crippen molar-refractivity contribution in [3.05, 3.63) is 46.0 Å². The summed E-state index contributed by atoms with van der Waals surface area (Å²) in [5.74, 6) is -0.339. The highest BCUT2D eigenvalue weighted by atomic mass is 35.5. The zero-order valence-electron chi connectivity index (χ0n) is 11.0. The lowest BCUT2D eigenvalue weighted by Crippen LogP contribution is -2.18. The summed E-state index contributed by atoms with van der Waals surface area (Å²) in [6.07, 6.45) is 1.02. The molecule has 4 heteroatoms. The molecule has 0 aliphatic carbocycles. The molecule has 0 saturated heterocycles. The second-order valence-electron chi connectivity index (χ2n) is 4.32. The Morgan fingerprint density at radius 3 is 2.74 bits per heavy atom. The van der Waals surface area contributed by atoms with Crippen molar-refractivity contribution in [1.29, 1.82) is 0 Å². The molecule has 0 aliphatic heterocycles. The van der Waals surface area contributed by atoms with Crippen LogP contribution in [0, 0.1) is 5.82 Å². The number of hydrogen-bond acceptors (Lipinski definition) is 2. The quantitative estimate of drug-likeness (QED) is 0.793. The Balaban J connectivity index is 2.32. The smallest absolute Gasteiger partial charge is 0.150 e. The van der Waals surface area contributed by atoms with Gasteiger partial charge in [-0.15, -0.1) is 11.3 Å². The maximum Gasteiger partial charge on any atom is 0.150 e. The van der Waals surface area contributed by atoms with Crippen molar-refractivity contribution in [2.24, 2.45) is 0 Å². The van der Waals surface area contributed by atoms with Crippen LogP contribution in [0.1, 0.15) is 31.2 Å². The van der Waals surface area contributed by atoms with Gasteiger partial charge < -0.3 is 5.32 Å². The van der Waals surface area contributed by atoms with E-state index in [9.17, 15) is 4.39 Å². The minimum absolute atomic E-state index is 0.172. The molecule has 0 spiro atoms. The standard InChI is InChI=1S/C15H17ClFNS/c1-3-12(18-4-2)14-9-8-13(19-14)10-6-5-7-11(16)15(10)17/h5-9,12,18H,3-4H2,1-2H3. The van der Waals surface area contributed by atoms with Gasteiger partial charge in [0.15, 0.2) is 0 Å². The zero-order valence-corrected chi connectivity index (χ0v) is 12.6. The highest BCUT2D eigenvalue weighted by Gasteiger charge is 2.14. The van der Waals surface area contributed by atoms with Crippen molar-refractivity contribution in [2.75, 3.05) is 6.54 Å². The second kappa shape index (κ2) is 6.51. The first-order valence-corrected chi connectivity index (χ1v) is 7.64. The van der Waals surface area contributed by atoms with Crippen molar-refractivity contribution in [3.8, 4) is 10.4 Å². The molecular weight excluding hydrogens is 281 g/mol. The molecule has 1 heterocycles. The molecule has 102 valence electrons. The fourth-order valence-electron chi connectivity index (χ4n) is 2.07. The summed E-state index contributed by atoms with van der Waals surface area (Å²) < 4.78 is 14.0. The normalized spacial score (nSPS) is 12.6. The van der Waals surface area contributed by atoms with Crippen LogP contribution < -0.4 is 5.32 Å². The first-order valence-electron chi connectivity index (χ1n) is 6.44. The summed E-state index contributed by atoms with van der Waals surface area (Å²) in [5.41, 5.74) is 0.579. The van der Waals surface area contributed by atoms with E-state index in [0.717, 1.165) is 17.8 Å². The molecule has 2 rings (SSSR count). The molecule has 1 unspecified atom stereocenters. The fourth-order valence-corrected chi connectivity index (χ4v) is 3.43. The van der Waals surface area contributed by atoms with Crippen LogP contribution in [0.3, 0.4) is 0 Å². The number of nitrogens with one attached hydrogen (secondary N) is 1. The van der Waals surface area contributed by atoms with Gasteiger partial charge in [-0.1, -0.05) is 37.6 Å². The number of hydrogen-bond donors (Lipinski definition) is 1. The third kappa shape index (κ3) is 3.16. The van der Waals surface area contributed by atoms with Crippen molar-refractivity contribution in [2.45, 2.75) is 26.3 Å². The van der Waals surface area contributed by atoms with Crippen molar-refractivity contribution in [3.63, 3.8) is 0 Å². The topological polar surface area (TPSA) is 12.0 Å². The van der Waals surface area contributed by atoms with Crippen LogP contribution in [-0.2, 0) is 0 Å². The Morgan fingerprint density at radius 1 is 1.26 bits per heavy atom. The minimum atomic E-state index is -0.339. The Bertz CT molecular complexity index is 553. The third-order valence-corrected chi connectivity index (χ3v) is 4.57. The monoisotopic (exact) mass is 297 g/mol. The van der Waals surface area contributed by atoms with Crippen LogP contribution in [0.5, 0.6) is 0 Å². The molecule has 0 aliphatic rings. The van der Waals surface area contributed by atoms with Crippen LogP contribution in [0.2, 0.25) is 5.02 Å². The van der Waals surface area contributed by atoms with E-state index >= 15 is 0 Å². The molecule has 1 N–H and O–H groups in total. The van der Waals surface area contributed by atoms with Crippen LogP contribution >= 0.6 is 22.9 Å². The number of halogens is 2. The van der Waals surface area contributed by atoms with Gasteiger partial charge in [-0.3, -0.25) is 0 Å². The number of thiophene rings is 1. The highest BCUT2D eigenvalue weighted by molar-refractivity contribution is 7.15. The number of benzene rings is 1. The van der Waals surface area contributed by atoms with E-state index in [1.165, 1.54) is 4.88 Å². The van der Waals surface area contributed by atoms with Crippen LogP contribution in [0.25, 0.3) is 10.4 Å². The van der Waals surface area contributed by atoms with Gasteiger partial charge in [0.05, 0.1) is 5.02 Å². The minimum Gasteiger partial charge on any atom is -0.310 e. The molecule has 0 saturated carbocycles. The maximum absolute atomic E-state index is 14.0. The van der Waals surface area contributed by atoms with Crippen LogP contribution in [0.15, 0.2) is 30.3 Å². The second-order valence-corrected chi connectivity index (χ2v) is 5.84. The Kier molecular flexibility index (Phi) is 4.97. The van der Waals surface area contributed by atoms with Crippen molar-refractivity contribution >= 4 is 22.9 Å². The molecular formula is C15H17ClFNS. The van der Waals surface area contributed by atoms with Gasteiger partial charge in [-0.2, -0.15) is 0 Å². The highest BCUT2D eigenvalue weighted by Crippen LogP contribution is 2.35. The van der Waals surface area contributed by atoms with E-state index in [1.54, 1.807) is 29.5 Å². The predicted octanol–water partition coefficient (Wildman–Crippen LogP) is 5.27. The lowest BCUT2D eigenvalue weighted by atomic mass is 10.1. The van der Waals surface area contributed by atoms with Gasteiger partial charge in [0.2, 0.25) is 0 Å². The van der Waals surface area contributed by atoms with Gasteiger partial charge in [0.25, 0.3) is 0 Å². The van der Waals surface area contributed by atoms with E-state index in [1.807, 2.05) is 6.07 Å².